The number of anilines is 2. The van der Waals surface area contributed by atoms with E-state index in [1.807, 2.05) is 0 Å². The van der Waals surface area contributed by atoms with Crippen molar-refractivity contribution >= 4 is 29.1 Å². The van der Waals surface area contributed by atoms with E-state index in [0.717, 1.165) is 17.4 Å². The highest BCUT2D eigenvalue weighted by Crippen LogP contribution is 2.65. The van der Waals surface area contributed by atoms with Crippen LogP contribution in [0, 0.1) is 35.5 Å². The van der Waals surface area contributed by atoms with Gasteiger partial charge in [0.25, 0.3) is 5.91 Å². The molecule has 0 spiro atoms. The van der Waals surface area contributed by atoms with Crippen molar-refractivity contribution < 1.29 is 27.6 Å². The third kappa shape index (κ3) is 2.89. The summed E-state index contributed by atoms with van der Waals surface area (Å²) < 4.78 is 40.1. The Balaban J connectivity index is 1.34. The highest BCUT2D eigenvalue weighted by Gasteiger charge is 2.67. The van der Waals surface area contributed by atoms with E-state index >= 15 is 0 Å². The van der Waals surface area contributed by atoms with Crippen LogP contribution in [0.25, 0.3) is 0 Å². The lowest BCUT2D eigenvalue weighted by Crippen LogP contribution is -2.40. The molecule has 33 heavy (non-hydrogen) atoms. The number of carbonyl (C=O) groups is 3. The molecule has 1 aliphatic heterocycles. The first-order valence-electron chi connectivity index (χ1n) is 10.9. The number of hydrogen-bond acceptors (Lipinski definition) is 3. The van der Waals surface area contributed by atoms with Crippen LogP contribution in [0.2, 0.25) is 0 Å². The molecule has 3 fully saturated rings. The van der Waals surface area contributed by atoms with Gasteiger partial charge >= 0.3 is 6.18 Å². The molecule has 1 saturated heterocycles. The quantitative estimate of drug-likeness (QED) is 0.550. The van der Waals surface area contributed by atoms with Crippen LogP contribution in [0.3, 0.4) is 0 Å². The molecule has 5 aliphatic rings. The molecule has 7 rings (SSSR count). The maximum absolute atomic E-state index is 13.4. The number of amides is 3. The van der Waals surface area contributed by atoms with Crippen LogP contribution in [0.15, 0.2) is 60.7 Å². The van der Waals surface area contributed by atoms with Crippen molar-refractivity contribution in [1.82, 2.24) is 0 Å². The normalized spacial score (nSPS) is 31.4. The second-order valence-electron chi connectivity index (χ2n) is 9.18. The van der Waals surface area contributed by atoms with Gasteiger partial charge in [-0.15, -0.1) is 0 Å². The van der Waals surface area contributed by atoms with Gasteiger partial charge in [-0.25, -0.2) is 4.90 Å². The number of nitrogens with one attached hydrogen (secondary N) is 1. The third-order valence-corrected chi connectivity index (χ3v) is 7.53. The first kappa shape index (κ1) is 20.2. The topological polar surface area (TPSA) is 66.5 Å². The van der Waals surface area contributed by atoms with Crippen LogP contribution >= 0.6 is 0 Å². The highest BCUT2D eigenvalue weighted by atomic mass is 19.4. The molecule has 3 amide bonds. The van der Waals surface area contributed by atoms with E-state index in [2.05, 4.69) is 17.5 Å². The zero-order chi connectivity index (χ0) is 23.1. The Kier molecular flexibility index (Phi) is 4.16. The zero-order valence-electron chi connectivity index (χ0n) is 17.3. The summed E-state index contributed by atoms with van der Waals surface area (Å²) in [6, 6.07) is 10.7. The fourth-order valence-corrected chi connectivity index (χ4v) is 6.08. The number of rotatable bonds is 3. The Morgan fingerprint density at radius 1 is 0.879 bits per heavy atom. The summed E-state index contributed by atoms with van der Waals surface area (Å²) in [5.41, 5.74) is -1.28. The predicted molar refractivity (Wildman–Crippen MR) is 113 cm³/mol. The van der Waals surface area contributed by atoms with Gasteiger partial charge in [0.1, 0.15) is 0 Å². The Morgan fingerprint density at radius 3 is 2.09 bits per heavy atom. The molecule has 8 heteroatoms. The number of benzene rings is 2. The van der Waals surface area contributed by atoms with Crippen LogP contribution in [0.5, 0.6) is 0 Å². The number of carbonyl (C=O) groups excluding carboxylic acids is 3. The number of imide groups is 1. The van der Waals surface area contributed by atoms with E-state index in [1.54, 1.807) is 12.1 Å². The van der Waals surface area contributed by atoms with Crippen molar-refractivity contribution in [3.8, 4) is 0 Å². The molecular formula is C25H19F3N2O3. The molecule has 0 aromatic heterocycles. The molecule has 0 radical (unpaired) electrons. The smallest absolute Gasteiger partial charge is 0.321 e. The monoisotopic (exact) mass is 452 g/mol. The molecule has 4 aliphatic carbocycles. The number of para-hydroxylation sites is 2. The number of nitrogens with zero attached hydrogens (tertiary/aromatic N) is 1. The van der Waals surface area contributed by atoms with Gasteiger partial charge in [-0.1, -0.05) is 36.4 Å². The number of halogens is 3. The molecule has 168 valence electrons. The fourth-order valence-electron chi connectivity index (χ4n) is 6.08. The largest absolute Gasteiger partial charge is 0.418 e. The van der Waals surface area contributed by atoms with E-state index in [-0.39, 0.29) is 40.6 Å². The lowest BCUT2D eigenvalue weighted by Gasteiger charge is -2.37. The molecule has 2 aromatic rings. The van der Waals surface area contributed by atoms with Gasteiger partial charge in [-0.3, -0.25) is 14.4 Å². The molecule has 1 N–H and O–H groups in total. The van der Waals surface area contributed by atoms with Gasteiger partial charge in [0.05, 0.1) is 34.3 Å². The summed E-state index contributed by atoms with van der Waals surface area (Å²) in [5, 5.41) is 2.31. The standard InChI is InChI=1S/C25H19F3N2O3/c26-25(27,28)17-6-2-3-7-18(17)29-22(31)14-5-1-4-8-19(14)30-23(32)20-12-9-10-13(16-11-15(12)16)21(20)24(30)33/h1-10,12-13,15-16,20-21H,11H2,(H,29,31)/t12-,13+,15+,16-,20-,21+. The van der Waals surface area contributed by atoms with Gasteiger partial charge in [-0.2, -0.15) is 13.2 Å². The average Bonchev–Trinajstić information content (AvgIpc) is 3.57. The third-order valence-electron chi connectivity index (χ3n) is 7.53. The summed E-state index contributed by atoms with van der Waals surface area (Å²) in [5.74, 6) is -1.39. The molecule has 6 atom stereocenters. The lowest BCUT2D eigenvalue weighted by molar-refractivity contribution is -0.137. The molecule has 2 aromatic carbocycles. The first-order chi connectivity index (χ1) is 15.8. The Hall–Kier alpha value is -3.42. The van der Waals surface area contributed by atoms with Crippen molar-refractivity contribution in [2.75, 3.05) is 10.2 Å². The van der Waals surface area contributed by atoms with E-state index in [1.165, 1.54) is 30.3 Å². The number of hydrogen-bond donors (Lipinski definition) is 1. The van der Waals surface area contributed by atoms with Crippen molar-refractivity contribution in [2.45, 2.75) is 12.6 Å². The Bertz CT molecular complexity index is 1200. The fraction of sp³-hybridized carbons (Fsp3) is 0.320. The van der Waals surface area contributed by atoms with Crippen LogP contribution in [0.4, 0.5) is 24.5 Å². The summed E-state index contributed by atoms with van der Waals surface area (Å²) in [7, 11) is 0. The van der Waals surface area contributed by atoms with E-state index in [9.17, 15) is 27.6 Å². The summed E-state index contributed by atoms with van der Waals surface area (Å²) in [4.78, 5) is 41.0. The van der Waals surface area contributed by atoms with Gasteiger partial charge in [0.15, 0.2) is 0 Å². The Labute approximate surface area is 187 Å². The second kappa shape index (κ2) is 6.79. The van der Waals surface area contributed by atoms with Gasteiger partial charge in [0.2, 0.25) is 11.8 Å². The van der Waals surface area contributed by atoms with E-state index in [4.69, 9.17) is 0 Å². The number of allylic oxidation sites excluding steroid dienone is 2. The molecule has 5 nitrogen and oxygen atoms in total. The van der Waals surface area contributed by atoms with Gasteiger partial charge in [-0.05, 0) is 54.4 Å². The molecule has 2 bridgehead atoms. The lowest BCUT2D eigenvalue weighted by atomic mass is 9.63. The van der Waals surface area contributed by atoms with Crippen LogP contribution in [0.1, 0.15) is 22.3 Å². The highest BCUT2D eigenvalue weighted by molar-refractivity contribution is 6.25. The minimum absolute atomic E-state index is 0.0275. The SMILES string of the molecule is O=C(Nc1ccccc1C(F)(F)F)c1ccccc1N1C(=O)[C@@H]2[C@@H]3C=C[C@@H]([C@H]4C[C@@H]34)[C@@H]2C1=O. The van der Waals surface area contributed by atoms with Gasteiger partial charge in [0, 0.05) is 0 Å². The van der Waals surface area contributed by atoms with Gasteiger partial charge < -0.3 is 5.32 Å². The summed E-state index contributed by atoms with van der Waals surface area (Å²) in [6.07, 6.45) is 0.503. The van der Waals surface area contributed by atoms with Crippen LogP contribution in [-0.4, -0.2) is 17.7 Å². The summed E-state index contributed by atoms with van der Waals surface area (Å²) in [6.45, 7) is 0. The van der Waals surface area contributed by atoms with E-state index in [0.29, 0.717) is 11.8 Å². The maximum Gasteiger partial charge on any atom is 0.418 e. The minimum atomic E-state index is -4.65. The van der Waals surface area contributed by atoms with Crippen molar-refractivity contribution in [1.29, 1.82) is 0 Å². The number of alkyl halides is 3. The van der Waals surface area contributed by atoms with Crippen molar-refractivity contribution in [3.63, 3.8) is 0 Å². The maximum atomic E-state index is 13.4. The molecule has 0 unspecified atom stereocenters. The van der Waals surface area contributed by atoms with Crippen molar-refractivity contribution in [2.24, 2.45) is 35.5 Å². The predicted octanol–water partition coefficient (Wildman–Crippen LogP) is 4.52. The zero-order valence-corrected chi connectivity index (χ0v) is 17.3. The average molecular weight is 452 g/mol. The molecular weight excluding hydrogens is 433 g/mol. The second-order valence-corrected chi connectivity index (χ2v) is 9.18. The first-order valence-corrected chi connectivity index (χ1v) is 10.9. The minimum Gasteiger partial charge on any atom is -0.321 e. The molecule has 1 heterocycles. The Morgan fingerprint density at radius 2 is 1.45 bits per heavy atom. The summed E-state index contributed by atoms with van der Waals surface area (Å²) >= 11 is 0. The molecule has 2 saturated carbocycles. The van der Waals surface area contributed by atoms with Crippen LogP contribution in [-0.2, 0) is 15.8 Å². The van der Waals surface area contributed by atoms with Crippen LogP contribution < -0.4 is 10.2 Å². The van der Waals surface area contributed by atoms with E-state index < -0.39 is 29.5 Å². The van der Waals surface area contributed by atoms with Crippen molar-refractivity contribution in [3.05, 3.63) is 71.8 Å².